The first kappa shape index (κ1) is 17.8. The molecule has 144 valence electrons. The Morgan fingerprint density at radius 1 is 1.14 bits per heavy atom. The number of benzene rings is 2. The van der Waals surface area contributed by atoms with E-state index in [9.17, 15) is 14.4 Å². The van der Waals surface area contributed by atoms with Crippen molar-refractivity contribution in [2.24, 2.45) is 0 Å². The van der Waals surface area contributed by atoms with Gasteiger partial charge >= 0.3 is 6.03 Å². The highest BCUT2D eigenvalue weighted by atomic mass is 16.5. The second-order valence-corrected chi connectivity index (χ2v) is 6.60. The summed E-state index contributed by atoms with van der Waals surface area (Å²) in [6.45, 7) is 0.757. The average Bonchev–Trinajstić information content (AvgIpc) is 3.22. The van der Waals surface area contributed by atoms with Crippen molar-refractivity contribution in [2.75, 3.05) is 37.0 Å². The fraction of sp³-hybridized carbons (Fsp3) is 0.250. The lowest BCUT2D eigenvalue weighted by Gasteiger charge is -2.20. The molecule has 0 bridgehead atoms. The Kier molecular flexibility index (Phi) is 4.60. The Labute approximate surface area is 162 Å². The SMILES string of the molecule is COc1ccccc1N1CCN(CC(=O)NC2C(=O)Nc3ccccc32)C1=O. The second-order valence-electron chi connectivity index (χ2n) is 6.60. The topological polar surface area (TPSA) is 91.0 Å². The molecule has 8 heteroatoms. The summed E-state index contributed by atoms with van der Waals surface area (Å²) in [7, 11) is 1.55. The molecule has 1 atom stereocenters. The van der Waals surface area contributed by atoms with Crippen LogP contribution < -0.4 is 20.3 Å². The molecule has 1 unspecified atom stereocenters. The van der Waals surface area contributed by atoms with Crippen LogP contribution in [0.25, 0.3) is 0 Å². The number of hydrogen-bond acceptors (Lipinski definition) is 4. The van der Waals surface area contributed by atoms with E-state index in [2.05, 4.69) is 10.6 Å². The Hall–Kier alpha value is -3.55. The molecule has 4 amide bonds. The van der Waals surface area contributed by atoms with Crippen LogP contribution in [0.15, 0.2) is 48.5 Å². The number of ether oxygens (including phenoxy) is 1. The van der Waals surface area contributed by atoms with Gasteiger partial charge in [-0.05, 0) is 18.2 Å². The van der Waals surface area contributed by atoms with E-state index in [0.29, 0.717) is 30.2 Å². The molecule has 0 saturated carbocycles. The molecule has 1 fully saturated rings. The molecule has 0 aromatic heterocycles. The number of para-hydroxylation sites is 3. The van der Waals surface area contributed by atoms with Gasteiger partial charge in [-0.1, -0.05) is 30.3 Å². The quantitative estimate of drug-likeness (QED) is 0.827. The van der Waals surface area contributed by atoms with E-state index in [4.69, 9.17) is 4.74 Å². The molecular weight excluding hydrogens is 360 g/mol. The van der Waals surface area contributed by atoms with Crippen LogP contribution in [0.4, 0.5) is 16.2 Å². The first-order valence-electron chi connectivity index (χ1n) is 8.97. The lowest BCUT2D eigenvalue weighted by Crippen LogP contribution is -2.42. The first-order chi connectivity index (χ1) is 13.6. The van der Waals surface area contributed by atoms with Crippen LogP contribution in [-0.2, 0) is 9.59 Å². The predicted octanol–water partition coefficient (Wildman–Crippen LogP) is 1.75. The van der Waals surface area contributed by atoms with Gasteiger partial charge in [0.25, 0.3) is 5.91 Å². The summed E-state index contributed by atoms with van der Waals surface area (Å²) in [5.74, 6) is -0.0635. The van der Waals surface area contributed by atoms with Crippen molar-refractivity contribution in [2.45, 2.75) is 6.04 Å². The van der Waals surface area contributed by atoms with Crippen molar-refractivity contribution in [3.05, 3.63) is 54.1 Å². The number of anilines is 2. The van der Waals surface area contributed by atoms with E-state index in [1.807, 2.05) is 24.3 Å². The number of nitrogens with one attached hydrogen (secondary N) is 2. The van der Waals surface area contributed by atoms with Crippen LogP contribution in [0, 0.1) is 0 Å². The van der Waals surface area contributed by atoms with E-state index < -0.39 is 6.04 Å². The summed E-state index contributed by atoms with van der Waals surface area (Å²) >= 11 is 0. The van der Waals surface area contributed by atoms with Gasteiger partial charge in [-0.2, -0.15) is 0 Å². The highest BCUT2D eigenvalue weighted by Crippen LogP contribution is 2.31. The third-order valence-electron chi connectivity index (χ3n) is 4.90. The van der Waals surface area contributed by atoms with Gasteiger partial charge in [-0.25, -0.2) is 4.79 Å². The average molecular weight is 380 g/mol. The molecule has 2 aromatic rings. The summed E-state index contributed by atoms with van der Waals surface area (Å²) in [4.78, 5) is 40.4. The van der Waals surface area contributed by atoms with Crippen LogP contribution in [-0.4, -0.2) is 49.5 Å². The zero-order chi connectivity index (χ0) is 19.7. The maximum Gasteiger partial charge on any atom is 0.325 e. The van der Waals surface area contributed by atoms with Crippen LogP contribution in [0.1, 0.15) is 11.6 Å². The highest BCUT2D eigenvalue weighted by molar-refractivity contribution is 6.05. The maximum atomic E-state index is 12.7. The molecule has 0 spiro atoms. The number of hydrogen-bond donors (Lipinski definition) is 2. The first-order valence-corrected chi connectivity index (χ1v) is 8.97. The van der Waals surface area contributed by atoms with E-state index in [-0.39, 0.29) is 24.4 Å². The molecule has 8 nitrogen and oxygen atoms in total. The van der Waals surface area contributed by atoms with Gasteiger partial charge in [0.15, 0.2) is 0 Å². The lowest BCUT2D eigenvalue weighted by atomic mass is 10.1. The molecule has 0 radical (unpaired) electrons. The van der Waals surface area contributed by atoms with Crippen LogP contribution in [0.5, 0.6) is 5.75 Å². The summed E-state index contributed by atoms with van der Waals surface area (Å²) in [6.07, 6.45) is 0. The van der Waals surface area contributed by atoms with E-state index in [1.165, 1.54) is 4.90 Å². The number of urea groups is 1. The van der Waals surface area contributed by atoms with E-state index in [0.717, 1.165) is 5.56 Å². The minimum absolute atomic E-state index is 0.115. The summed E-state index contributed by atoms with van der Waals surface area (Å²) in [5.41, 5.74) is 2.09. The van der Waals surface area contributed by atoms with Crippen LogP contribution >= 0.6 is 0 Å². The van der Waals surface area contributed by atoms with Gasteiger partial charge in [0.05, 0.1) is 12.8 Å². The zero-order valence-corrected chi connectivity index (χ0v) is 15.3. The van der Waals surface area contributed by atoms with Crippen LogP contribution in [0.2, 0.25) is 0 Å². The Morgan fingerprint density at radius 3 is 2.71 bits per heavy atom. The largest absolute Gasteiger partial charge is 0.495 e. The monoisotopic (exact) mass is 380 g/mol. The standard InChI is InChI=1S/C20H20N4O4/c1-28-16-9-5-4-8-15(16)24-11-10-23(20(24)27)12-17(25)22-18-13-6-2-3-7-14(13)21-19(18)26/h2-9,18H,10-12H2,1H3,(H,21,26)(H,22,25). The Balaban J connectivity index is 1.42. The molecule has 2 heterocycles. The van der Waals surface area contributed by atoms with Crippen molar-refractivity contribution in [1.82, 2.24) is 10.2 Å². The van der Waals surface area contributed by atoms with Crippen molar-refractivity contribution < 1.29 is 19.1 Å². The fourth-order valence-electron chi connectivity index (χ4n) is 3.54. The number of rotatable bonds is 5. The molecule has 1 saturated heterocycles. The third kappa shape index (κ3) is 3.13. The van der Waals surface area contributed by atoms with Gasteiger partial charge < -0.3 is 20.3 Å². The number of carbonyl (C=O) groups is 3. The molecule has 28 heavy (non-hydrogen) atoms. The van der Waals surface area contributed by atoms with Gasteiger partial charge in [0.1, 0.15) is 18.3 Å². The van der Waals surface area contributed by atoms with Gasteiger partial charge in [-0.15, -0.1) is 0 Å². The minimum atomic E-state index is -0.744. The van der Waals surface area contributed by atoms with E-state index >= 15 is 0 Å². The predicted molar refractivity (Wildman–Crippen MR) is 103 cm³/mol. The van der Waals surface area contributed by atoms with Crippen molar-refractivity contribution >= 4 is 29.2 Å². The number of fused-ring (bicyclic) bond motifs is 1. The van der Waals surface area contributed by atoms with Gasteiger partial charge in [0, 0.05) is 24.3 Å². The number of methoxy groups -OCH3 is 1. The molecule has 4 rings (SSSR count). The summed E-state index contributed by atoms with van der Waals surface area (Å²) in [5, 5.41) is 5.46. The maximum absolute atomic E-state index is 12.7. The molecular formula is C20H20N4O4. The second kappa shape index (κ2) is 7.22. The highest BCUT2D eigenvalue weighted by Gasteiger charge is 2.35. The Bertz CT molecular complexity index is 945. The van der Waals surface area contributed by atoms with Crippen LogP contribution in [0.3, 0.4) is 0 Å². The van der Waals surface area contributed by atoms with Gasteiger partial charge in [0.2, 0.25) is 5.91 Å². The van der Waals surface area contributed by atoms with Crippen molar-refractivity contribution in [1.29, 1.82) is 0 Å². The third-order valence-corrected chi connectivity index (χ3v) is 4.90. The number of nitrogens with zero attached hydrogens (tertiary/aromatic N) is 2. The summed E-state index contributed by atoms with van der Waals surface area (Å²) < 4.78 is 5.32. The zero-order valence-electron chi connectivity index (χ0n) is 15.3. The summed E-state index contributed by atoms with van der Waals surface area (Å²) in [6, 6.07) is 13.5. The Morgan fingerprint density at radius 2 is 1.89 bits per heavy atom. The van der Waals surface area contributed by atoms with Crippen molar-refractivity contribution in [3.63, 3.8) is 0 Å². The molecule has 2 aliphatic heterocycles. The molecule has 2 aliphatic rings. The van der Waals surface area contributed by atoms with Gasteiger partial charge in [-0.3, -0.25) is 14.5 Å². The van der Waals surface area contributed by atoms with Crippen molar-refractivity contribution in [3.8, 4) is 5.75 Å². The molecule has 2 aromatic carbocycles. The molecule has 2 N–H and O–H groups in total. The molecule has 0 aliphatic carbocycles. The minimum Gasteiger partial charge on any atom is -0.495 e. The van der Waals surface area contributed by atoms with E-state index in [1.54, 1.807) is 36.3 Å². The number of carbonyl (C=O) groups excluding carboxylic acids is 3. The lowest BCUT2D eigenvalue weighted by molar-refractivity contribution is -0.126. The normalized spacial score (nSPS) is 18.1. The number of amides is 4. The fourth-order valence-corrected chi connectivity index (χ4v) is 3.54. The smallest absolute Gasteiger partial charge is 0.325 e.